The molecule has 1 rings (SSSR count). The van der Waals surface area contributed by atoms with Crippen LogP contribution in [0.15, 0.2) is 30.3 Å². The van der Waals surface area contributed by atoms with Crippen molar-refractivity contribution in [1.82, 2.24) is 0 Å². The van der Waals surface area contributed by atoms with Crippen molar-refractivity contribution in [1.29, 1.82) is 0 Å². The Morgan fingerprint density at radius 1 is 1.18 bits per heavy atom. The molecule has 0 fully saturated rings. The molecule has 1 amide bonds. The fraction of sp³-hybridized carbons (Fsp3) is 0. The van der Waals surface area contributed by atoms with E-state index in [4.69, 9.17) is 14.9 Å². The third-order valence-electron chi connectivity index (χ3n) is 1.06. The van der Waals surface area contributed by atoms with Crippen molar-refractivity contribution >= 4 is 5.91 Å². The first-order chi connectivity index (χ1) is 5.30. The molecule has 0 aliphatic heterocycles. The fourth-order valence-electron chi connectivity index (χ4n) is 0.602. The second-order valence-corrected chi connectivity index (χ2v) is 1.73. The largest absolute Gasteiger partial charge is 0.366 e. The fourth-order valence-corrected chi connectivity index (χ4v) is 0.602. The molecule has 0 atom stereocenters. The average Bonchev–Trinajstić information content (AvgIpc) is 2.10. The van der Waals surface area contributed by atoms with E-state index in [1.807, 2.05) is 6.07 Å². The van der Waals surface area contributed by atoms with Gasteiger partial charge in [0.15, 0.2) is 0 Å². The maximum atomic E-state index is 10.4. The van der Waals surface area contributed by atoms with Gasteiger partial charge in [0.1, 0.15) is 0 Å². The number of nitrogens with two attached hydrogens (primary N) is 1. The molecule has 11 heavy (non-hydrogen) atoms. The van der Waals surface area contributed by atoms with Gasteiger partial charge in [-0.2, -0.15) is 0 Å². The van der Waals surface area contributed by atoms with E-state index in [0.29, 0.717) is 5.56 Å². The van der Waals surface area contributed by atoms with Crippen LogP contribution in [0.5, 0.6) is 0 Å². The van der Waals surface area contributed by atoms with Gasteiger partial charge in [0.05, 0.1) is 0 Å². The van der Waals surface area contributed by atoms with Crippen LogP contribution >= 0.6 is 0 Å². The molecule has 2 N–H and O–H groups in total. The highest BCUT2D eigenvalue weighted by atomic mass is 20.0. The zero-order chi connectivity index (χ0) is 8.69. The van der Waals surface area contributed by atoms with Crippen molar-refractivity contribution in [3.63, 3.8) is 0 Å². The number of primary amides is 1. The zero-order valence-electron chi connectivity index (χ0n) is 5.63. The molecule has 0 aromatic heterocycles. The number of hydrogen-bond acceptors (Lipinski definition) is 1. The van der Waals surface area contributed by atoms with E-state index in [1.165, 1.54) is 0 Å². The molecule has 1 aromatic rings. The van der Waals surface area contributed by atoms with Crippen LogP contribution in [0.25, 0.3) is 0 Å². The Bertz CT molecular complexity index is 213. The SMILES string of the molecule is FF.NC(=O)c1ccccc1. The highest BCUT2D eigenvalue weighted by Crippen LogP contribution is 1.94. The van der Waals surface area contributed by atoms with E-state index in [2.05, 4.69) is 0 Å². The number of carbonyl (C=O) groups is 1. The molecule has 0 aliphatic carbocycles. The van der Waals surface area contributed by atoms with E-state index in [1.54, 1.807) is 24.3 Å². The lowest BCUT2D eigenvalue weighted by Crippen LogP contribution is -2.09. The van der Waals surface area contributed by atoms with Gasteiger partial charge in [-0.15, -0.1) is 0 Å². The summed E-state index contributed by atoms with van der Waals surface area (Å²) >= 11 is 0. The van der Waals surface area contributed by atoms with Crippen molar-refractivity contribution in [3.05, 3.63) is 35.9 Å². The smallest absolute Gasteiger partial charge is 0.248 e. The zero-order valence-corrected chi connectivity index (χ0v) is 5.63. The van der Waals surface area contributed by atoms with Crippen molar-refractivity contribution in [2.75, 3.05) is 0 Å². The third-order valence-corrected chi connectivity index (χ3v) is 1.06. The van der Waals surface area contributed by atoms with Crippen molar-refractivity contribution in [3.8, 4) is 0 Å². The van der Waals surface area contributed by atoms with Crippen LogP contribution in [-0.4, -0.2) is 5.91 Å². The van der Waals surface area contributed by atoms with Crippen LogP contribution < -0.4 is 5.73 Å². The minimum absolute atomic E-state index is 0.379. The summed E-state index contributed by atoms with van der Waals surface area (Å²) in [4.78, 5) is 10.4. The summed E-state index contributed by atoms with van der Waals surface area (Å²) in [5, 5.41) is 0. The highest BCUT2D eigenvalue weighted by molar-refractivity contribution is 5.92. The van der Waals surface area contributed by atoms with Gasteiger partial charge in [0.2, 0.25) is 5.91 Å². The lowest BCUT2D eigenvalue weighted by atomic mass is 10.2. The molecule has 0 bridgehead atoms. The monoisotopic (exact) mass is 159 g/mol. The summed E-state index contributed by atoms with van der Waals surface area (Å²) < 4.78 is 16.0. The predicted octanol–water partition coefficient (Wildman–Crippen LogP) is 1.63. The Balaban J connectivity index is 0.000000461. The molecule has 2 nitrogen and oxygen atoms in total. The molecule has 0 aliphatic rings. The minimum atomic E-state index is -0.379. The average molecular weight is 159 g/mol. The lowest BCUT2D eigenvalue weighted by Gasteiger charge is -1.89. The van der Waals surface area contributed by atoms with Crippen LogP contribution in [0.1, 0.15) is 10.4 Å². The first-order valence-corrected chi connectivity index (χ1v) is 2.80. The maximum Gasteiger partial charge on any atom is 0.248 e. The summed E-state index contributed by atoms with van der Waals surface area (Å²) in [5.74, 6) is -0.379. The molecular weight excluding hydrogens is 152 g/mol. The number of hydrogen-bond donors (Lipinski definition) is 1. The van der Waals surface area contributed by atoms with Crippen molar-refractivity contribution in [2.24, 2.45) is 5.73 Å². The molecule has 0 saturated heterocycles. The van der Waals surface area contributed by atoms with E-state index in [0.717, 1.165) is 0 Å². The standard InChI is InChI=1S/C7H7NO.F2/c8-7(9)6-4-2-1-3-5-6;1-2/h1-5H,(H2,8,9);. The van der Waals surface area contributed by atoms with Gasteiger partial charge < -0.3 is 5.73 Å². The normalized spacial score (nSPS) is 7.82. The number of halogens is 2. The maximum absolute atomic E-state index is 10.4. The Morgan fingerprint density at radius 2 is 1.64 bits per heavy atom. The Kier molecular flexibility index (Phi) is 4.64. The summed E-state index contributed by atoms with van der Waals surface area (Å²) in [6, 6.07) is 8.76. The van der Waals surface area contributed by atoms with Gasteiger partial charge in [0.25, 0.3) is 0 Å². The third kappa shape index (κ3) is 3.30. The summed E-state index contributed by atoms with van der Waals surface area (Å²) in [7, 11) is 0. The van der Waals surface area contributed by atoms with Crippen LogP contribution in [0.2, 0.25) is 0 Å². The van der Waals surface area contributed by atoms with Crippen molar-refractivity contribution in [2.45, 2.75) is 0 Å². The molecule has 60 valence electrons. The Morgan fingerprint density at radius 3 is 1.91 bits per heavy atom. The number of rotatable bonds is 1. The minimum Gasteiger partial charge on any atom is -0.366 e. The number of benzene rings is 1. The summed E-state index contributed by atoms with van der Waals surface area (Å²) in [6.45, 7) is 0. The van der Waals surface area contributed by atoms with Gasteiger partial charge in [-0.3, -0.25) is 4.79 Å². The molecule has 0 heterocycles. The van der Waals surface area contributed by atoms with E-state index < -0.39 is 0 Å². The molecule has 1 aromatic carbocycles. The van der Waals surface area contributed by atoms with Crippen LogP contribution in [0.3, 0.4) is 0 Å². The summed E-state index contributed by atoms with van der Waals surface area (Å²) in [5.41, 5.74) is 5.53. The highest BCUT2D eigenvalue weighted by Gasteiger charge is 1.93. The summed E-state index contributed by atoms with van der Waals surface area (Å²) in [6.07, 6.45) is 0. The van der Waals surface area contributed by atoms with Gasteiger partial charge in [-0.1, -0.05) is 18.2 Å². The Labute approximate surface area is 62.5 Å². The van der Waals surface area contributed by atoms with Gasteiger partial charge >= 0.3 is 0 Å². The number of carbonyl (C=O) groups excluding carboxylic acids is 1. The van der Waals surface area contributed by atoms with Crippen molar-refractivity contribution < 1.29 is 13.9 Å². The topological polar surface area (TPSA) is 43.1 Å². The van der Waals surface area contributed by atoms with Crippen LogP contribution in [-0.2, 0) is 0 Å². The second kappa shape index (κ2) is 5.34. The van der Waals surface area contributed by atoms with E-state index >= 15 is 0 Å². The Hall–Kier alpha value is -1.45. The van der Waals surface area contributed by atoms with Gasteiger partial charge in [0, 0.05) is 14.7 Å². The molecular formula is C7H7F2NO. The van der Waals surface area contributed by atoms with Gasteiger partial charge in [-0.05, 0) is 12.1 Å². The first-order valence-electron chi connectivity index (χ1n) is 2.80. The van der Waals surface area contributed by atoms with Crippen LogP contribution in [0, 0.1) is 0 Å². The number of amides is 1. The predicted molar refractivity (Wildman–Crippen MR) is 37.2 cm³/mol. The molecule has 0 saturated carbocycles. The van der Waals surface area contributed by atoms with E-state index in [-0.39, 0.29) is 5.91 Å². The molecule has 0 unspecified atom stereocenters. The second-order valence-electron chi connectivity index (χ2n) is 1.73. The molecule has 0 radical (unpaired) electrons. The van der Waals surface area contributed by atoms with Gasteiger partial charge in [-0.25, -0.2) is 0 Å². The first kappa shape index (κ1) is 9.55. The molecule has 4 heteroatoms. The molecule has 0 spiro atoms. The lowest BCUT2D eigenvalue weighted by molar-refractivity contribution is 0.100. The van der Waals surface area contributed by atoms with E-state index in [9.17, 15) is 4.79 Å². The van der Waals surface area contributed by atoms with Crippen LogP contribution in [0.4, 0.5) is 9.15 Å². The quantitative estimate of drug-likeness (QED) is 0.664.